The molecule has 0 bridgehead atoms. The molecule has 0 saturated heterocycles. The van der Waals surface area contributed by atoms with Gasteiger partial charge in [-0.05, 0) is 54.6 Å². The number of nitrogens with one attached hydrogen (secondary N) is 2. The minimum absolute atomic E-state index is 0.201. The Morgan fingerprint density at radius 3 is 2.14 bits per heavy atom. The Labute approximate surface area is 169 Å². The first kappa shape index (κ1) is 19.9. The molecular formula is C23H22N2O4. The van der Waals surface area contributed by atoms with Crippen LogP contribution in [-0.2, 0) is 6.54 Å². The van der Waals surface area contributed by atoms with E-state index in [1.807, 2.05) is 12.1 Å². The molecule has 6 nitrogen and oxygen atoms in total. The summed E-state index contributed by atoms with van der Waals surface area (Å²) in [5.74, 6) is 0.933. The van der Waals surface area contributed by atoms with Gasteiger partial charge >= 0.3 is 0 Å². The van der Waals surface area contributed by atoms with Crippen molar-refractivity contribution in [2.24, 2.45) is 0 Å². The van der Waals surface area contributed by atoms with Crippen molar-refractivity contribution < 1.29 is 19.1 Å². The summed E-state index contributed by atoms with van der Waals surface area (Å²) in [6, 6.07) is 21.1. The normalized spacial score (nSPS) is 10.1. The lowest BCUT2D eigenvalue weighted by atomic mass is 10.1. The number of anilines is 1. The number of hydrogen-bond donors (Lipinski definition) is 2. The van der Waals surface area contributed by atoms with Gasteiger partial charge in [0.2, 0.25) is 0 Å². The van der Waals surface area contributed by atoms with Crippen molar-refractivity contribution in [1.82, 2.24) is 5.32 Å². The average Bonchev–Trinajstić information content (AvgIpc) is 2.78. The third-order valence-electron chi connectivity index (χ3n) is 4.37. The van der Waals surface area contributed by atoms with Gasteiger partial charge in [-0.15, -0.1) is 0 Å². The van der Waals surface area contributed by atoms with Gasteiger partial charge in [-0.25, -0.2) is 0 Å². The van der Waals surface area contributed by atoms with Crippen molar-refractivity contribution in [3.05, 3.63) is 89.5 Å². The molecule has 6 heteroatoms. The summed E-state index contributed by atoms with van der Waals surface area (Å²) in [5, 5.41) is 5.67. The van der Waals surface area contributed by atoms with E-state index in [2.05, 4.69) is 10.6 Å². The average molecular weight is 390 g/mol. The molecule has 0 aliphatic heterocycles. The lowest BCUT2D eigenvalue weighted by Gasteiger charge is -2.12. The molecule has 2 N–H and O–H groups in total. The zero-order valence-corrected chi connectivity index (χ0v) is 16.3. The first-order chi connectivity index (χ1) is 14.1. The molecular weight excluding hydrogens is 368 g/mol. The SMILES string of the molecule is COc1ccc(OC)c(CNC(=O)c2ccc(NC(=O)c3ccccc3)cc2)c1. The fourth-order valence-electron chi connectivity index (χ4n) is 2.80. The van der Waals surface area contributed by atoms with E-state index in [1.165, 1.54) is 0 Å². The number of carbonyl (C=O) groups is 2. The van der Waals surface area contributed by atoms with Gasteiger partial charge in [0, 0.05) is 28.9 Å². The highest BCUT2D eigenvalue weighted by Crippen LogP contribution is 2.23. The monoisotopic (exact) mass is 390 g/mol. The standard InChI is InChI=1S/C23H22N2O4/c1-28-20-12-13-21(29-2)18(14-20)15-24-22(26)17-8-10-19(11-9-17)25-23(27)16-6-4-3-5-7-16/h3-14H,15H2,1-2H3,(H,24,26)(H,25,27). The van der Waals surface area contributed by atoms with Crippen LogP contribution >= 0.6 is 0 Å². The minimum atomic E-state index is -0.226. The van der Waals surface area contributed by atoms with Gasteiger partial charge in [0.1, 0.15) is 11.5 Å². The van der Waals surface area contributed by atoms with E-state index in [1.54, 1.807) is 74.9 Å². The molecule has 0 radical (unpaired) electrons. The van der Waals surface area contributed by atoms with Crippen LogP contribution in [0.25, 0.3) is 0 Å². The van der Waals surface area contributed by atoms with E-state index in [-0.39, 0.29) is 11.8 Å². The Balaban J connectivity index is 1.61. The van der Waals surface area contributed by atoms with Crippen molar-refractivity contribution in [2.75, 3.05) is 19.5 Å². The summed E-state index contributed by atoms with van der Waals surface area (Å²) in [6.45, 7) is 0.297. The second-order valence-electron chi connectivity index (χ2n) is 6.26. The van der Waals surface area contributed by atoms with E-state index in [9.17, 15) is 9.59 Å². The number of hydrogen-bond acceptors (Lipinski definition) is 4. The van der Waals surface area contributed by atoms with Crippen LogP contribution in [0.2, 0.25) is 0 Å². The van der Waals surface area contributed by atoms with E-state index in [0.717, 1.165) is 5.56 Å². The molecule has 148 valence electrons. The summed E-state index contributed by atoms with van der Waals surface area (Å²) in [6.07, 6.45) is 0. The van der Waals surface area contributed by atoms with Gasteiger partial charge in [-0.2, -0.15) is 0 Å². The zero-order valence-electron chi connectivity index (χ0n) is 16.3. The van der Waals surface area contributed by atoms with Gasteiger partial charge in [0.15, 0.2) is 0 Å². The minimum Gasteiger partial charge on any atom is -0.497 e. The summed E-state index contributed by atoms with van der Waals surface area (Å²) in [5.41, 5.74) is 2.49. The predicted octanol–water partition coefficient (Wildman–Crippen LogP) is 3.89. The van der Waals surface area contributed by atoms with Crippen LogP contribution in [0.15, 0.2) is 72.8 Å². The van der Waals surface area contributed by atoms with E-state index in [4.69, 9.17) is 9.47 Å². The van der Waals surface area contributed by atoms with E-state index < -0.39 is 0 Å². The molecule has 3 aromatic carbocycles. The number of methoxy groups -OCH3 is 2. The molecule has 0 saturated carbocycles. The maximum atomic E-state index is 12.5. The van der Waals surface area contributed by atoms with E-state index >= 15 is 0 Å². The molecule has 0 spiro atoms. The molecule has 0 atom stereocenters. The maximum Gasteiger partial charge on any atom is 0.255 e. The van der Waals surface area contributed by atoms with Gasteiger partial charge < -0.3 is 20.1 Å². The van der Waals surface area contributed by atoms with Crippen LogP contribution in [-0.4, -0.2) is 26.0 Å². The second kappa shape index (κ2) is 9.41. The Morgan fingerprint density at radius 1 is 0.793 bits per heavy atom. The van der Waals surface area contributed by atoms with Crippen molar-refractivity contribution >= 4 is 17.5 Å². The van der Waals surface area contributed by atoms with Gasteiger partial charge in [-0.3, -0.25) is 9.59 Å². The van der Waals surface area contributed by atoms with Crippen LogP contribution in [0.3, 0.4) is 0 Å². The Kier molecular flexibility index (Phi) is 6.47. The first-order valence-electron chi connectivity index (χ1n) is 9.06. The second-order valence-corrected chi connectivity index (χ2v) is 6.26. The molecule has 0 aliphatic carbocycles. The largest absolute Gasteiger partial charge is 0.497 e. The quantitative estimate of drug-likeness (QED) is 0.642. The predicted molar refractivity (Wildman–Crippen MR) is 112 cm³/mol. The highest BCUT2D eigenvalue weighted by molar-refractivity contribution is 6.04. The van der Waals surface area contributed by atoms with Crippen molar-refractivity contribution in [3.8, 4) is 11.5 Å². The zero-order chi connectivity index (χ0) is 20.6. The molecule has 29 heavy (non-hydrogen) atoms. The molecule has 0 fully saturated rings. The number of benzene rings is 3. The lowest BCUT2D eigenvalue weighted by molar-refractivity contribution is 0.0950. The van der Waals surface area contributed by atoms with Crippen LogP contribution in [0.5, 0.6) is 11.5 Å². The fraction of sp³-hybridized carbons (Fsp3) is 0.130. The third kappa shape index (κ3) is 5.13. The Bertz CT molecular complexity index is 986. The topological polar surface area (TPSA) is 76.7 Å². The molecule has 0 unspecified atom stereocenters. The summed E-state index contributed by atoms with van der Waals surface area (Å²) in [4.78, 5) is 24.6. The highest BCUT2D eigenvalue weighted by atomic mass is 16.5. The summed E-state index contributed by atoms with van der Waals surface area (Å²) < 4.78 is 10.5. The van der Waals surface area contributed by atoms with Crippen LogP contribution in [0, 0.1) is 0 Å². The molecule has 0 aromatic heterocycles. The van der Waals surface area contributed by atoms with Gasteiger partial charge in [0.25, 0.3) is 11.8 Å². The molecule has 0 aliphatic rings. The number of rotatable bonds is 7. The van der Waals surface area contributed by atoms with Crippen molar-refractivity contribution in [3.63, 3.8) is 0 Å². The molecule has 2 amide bonds. The van der Waals surface area contributed by atoms with E-state index in [0.29, 0.717) is 34.9 Å². The smallest absolute Gasteiger partial charge is 0.255 e. The Hall–Kier alpha value is -3.80. The maximum absolute atomic E-state index is 12.5. The molecule has 0 heterocycles. The number of ether oxygens (including phenoxy) is 2. The van der Waals surface area contributed by atoms with Gasteiger partial charge in [-0.1, -0.05) is 18.2 Å². The van der Waals surface area contributed by atoms with Crippen molar-refractivity contribution in [1.29, 1.82) is 0 Å². The lowest BCUT2D eigenvalue weighted by Crippen LogP contribution is -2.23. The summed E-state index contributed by atoms with van der Waals surface area (Å²) >= 11 is 0. The third-order valence-corrected chi connectivity index (χ3v) is 4.37. The first-order valence-corrected chi connectivity index (χ1v) is 9.06. The van der Waals surface area contributed by atoms with Crippen LogP contribution in [0.4, 0.5) is 5.69 Å². The molecule has 3 rings (SSSR count). The number of amides is 2. The Morgan fingerprint density at radius 2 is 1.48 bits per heavy atom. The fourth-order valence-corrected chi connectivity index (χ4v) is 2.80. The van der Waals surface area contributed by atoms with Crippen LogP contribution < -0.4 is 20.1 Å². The van der Waals surface area contributed by atoms with Gasteiger partial charge in [0.05, 0.1) is 14.2 Å². The summed E-state index contributed by atoms with van der Waals surface area (Å²) in [7, 11) is 3.16. The highest BCUT2D eigenvalue weighted by Gasteiger charge is 2.10. The molecule has 3 aromatic rings. The number of carbonyl (C=O) groups excluding carboxylic acids is 2. The van der Waals surface area contributed by atoms with Crippen LogP contribution in [0.1, 0.15) is 26.3 Å². The van der Waals surface area contributed by atoms with Crippen molar-refractivity contribution in [2.45, 2.75) is 6.54 Å².